The lowest BCUT2D eigenvalue weighted by Crippen LogP contribution is -2.61. The van der Waals surface area contributed by atoms with E-state index in [2.05, 4.69) is 5.32 Å². The molecular formula is C24H27FN2O3. The quantitative estimate of drug-likeness (QED) is 0.791. The summed E-state index contributed by atoms with van der Waals surface area (Å²) in [7, 11) is 1.62. The standard InChI is InChI=1S/C24H27FN2O3/c1-30-14-13-27-23(29)20-10-3-2-9-19(20)21(24(27)11-4-5-12-24)22(28)26-16-17-7-6-8-18(25)15-17/h2-3,6-10,15,21H,4-5,11-14,16H2,1H3,(H,26,28)/t21-/m0/s1. The van der Waals surface area contributed by atoms with E-state index < -0.39 is 11.5 Å². The van der Waals surface area contributed by atoms with Crippen molar-refractivity contribution in [3.05, 3.63) is 71.0 Å². The van der Waals surface area contributed by atoms with Crippen LogP contribution < -0.4 is 5.32 Å². The maximum atomic E-state index is 13.5. The second kappa shape index (κ2) is 8.56. The highest BCUT2D eigenvalue weighted by Crippen LogP contribution is 2.50. The van der Waals surface area contributed by atoms with Crippen LogP contribution in [-0.4, -0.2) is 42.5 Å². The van der Waals surface area contributed by atoms with Crippen LogP contribution >= 0.6 is 0 Å². The molecule has 2 amide bonds. The van der Waals surface area contributed by atoms with Crippen LogP contribution in [0.25, 0.3) is 0 Å². The fraction of sp³-hybridized carbons (Fsp3) is 0.417. The Morgan fingerprint density at radius 1 is 1.20 bits per heavy atom. The van der Waals surface area contributed by atoms with Crippen molar-refractivity contribution in [2.75, 3.05) is 20.3 Å². The molecule has 0 unspecified atom stereocenters. The third-order valence-electron chi connectivity index (χ3n) is 6.43. The van der Waals surface area contributed by atoms with Crippen molar-refractivity contribution in [3.63, 3.8) is 0 Å². The van der Waals surface area contributed by atoms with Gasteiger partial charge in [0.05, 0.1) is 18.1 Å². The Balaban J connectivity index is 1.70. The summed E-state index contributed by atoms with van der Waals surface area (Å²) in [5.74, 6) is -0.935. The smallest absolute Gasteiger partial charge is 0.254 e. The zero-order valence-electron chi connectivity index (χ0n) is 17.2. The third-order valence-corrected chi connectivity index (χ3v) is 6.43. The molecule has 0 bridgehead atoms. The Kier molecular flexibility index (Phi) is 5.86. The summed E-state index contributed by atoms with van der Waals surface area (Å²) in [6.07, 6.45) is 3.53. The van der Waals surface area contributed by atoms with Gasteiger partial charge in [0.2, 0.25) is 5.91 Å². The van der Waals surface area contributed by atoms with Gasteiger partial charge in [-0.1, -0.05) is 43.2 Å². The van der Waals surface area contributed by atoms with Crippen LogP contribution in [0, 0.1) is 5.82 Å². The van der Waals surface area contributed by atoms with E-state index in [0.717, 1.165) is 31.2 Å². The Morgan fingerprint density at radius 3 is 2.70 bits per heavy atom. The van der Waals surface area contributed by atoms with Crippen molar-refractivity contribution < 1.29 is 18.7 Å². The number of rotatable bonds is 6. The fourth-order valence-electron chi connectivity index (χ4n) is 5.11. The fourth-order valence-corrected chi connectivity index (χ4v) is 5.11. The third kappa shape index (κ3) is 3.60. The predicted octanol–water partition coefficient (Wildman–Crippen LogP) is 3.64. The largest absolute Gasteiger partial charge is 0.383 e. The van der Waals surface area contributed by atoms with Gasteiger partial charge in [0, 0.05) is 25.8 Å². The first kappa shape index (κ1) is 20.5. The number of methoxy groups -OCH3 is 1. The Labute approximate surface area is 176 Å². The molecule has 1 aliphatic heterocycles. The van der Waals surface area contributed by atoms with Gasteiger partial charge < -0.3 is 15.0 Å². The van der Waals surface area contributed by atoms with Gasteiger partial charge in [-0.3, -0.25) is 9.59 Å². The van der Waals surface area contributed by atoms with Crippen molar-refractivity contribution in [1.29, 1.82) is 0 Å². The van der Waals surface area contributed by atoms with E-state index in [1.807, 2.05) is 23.1 Å². The number of carbonyl (C=O) groups is 2. The molecule has 2 aromatic rings. The maximum absolute atomic E-state index is 13.5. The average molecular weight is 410 g/mol. The van der Waals surface area contributed by atoms with Gasteiger partial charge in [-0.2, -0.15) is 0 Å². The van der Waals surface area contributed by atoms with Gasteiger partial charge >= 0.3 is 0 Å². The normalized spacial score (nSPS) is 19.7. The van der Waals surface area contributed by atoms with Gasteiger partial charge in [-0.15, -0.1) is 0 Å². The molecule has 1 N–H and O–H groups in total. The molecule has 0 radical (unpaired) electrons. The van der Waals surface area contributed by atoms with E-state index in [9.17, 15) is 14.0 Å². The first-order valence-electron chi connectivity index (χ1n) is 10.5. The second-order valence-corrected chi connectivity index (χ2v) is 8.13. The number of ether oxygens (including phenoxy) is 1. The summed E-state index contributed by atoms with van der Waals surface area (Å²) < 4.78 is 18.8. The van der Waals surface area contributed by atoms with Gasteiger partial charge in [-0.05, 0) is 42.2 Å². The number of hydrogen-bond acceptors (Lipinski definition) is 3. The monoisotopic (exact) mass is 410 g/mol. The van der Waals surface area contributed by atoms with E-state index in [-0.39, 0.29) is 24.2 Å². The van der Waals surface area contributed by atoms with Gasteiger partial charge in [0.1, 0.15) is 5.82 Å². The number of carbonyl (C=O) groups excluding carboxylic acids is 2. The number of halogens is 1. The van der Waals surface area contributed by atoms with E-state index in [4.69, 9.17) is 4.74 Å². The minimum Gasteiger partial charge on any atom is -0.383 e. The van der Waals surface area contributed by atoms with E-state index in [0.29, 0.717) is 24.3 Å². The summed E-state index contributed by atoms with van der Waals surface area (Å²) in [6, 6.07) is 13.6. The molecule has 1 saturated carbocycles. The molecule has 158 valence electrons. The average Bonchev–Trinajstić information content (AvgIpc) is 3.22. The van der Waals surface area contributed by atoms with Gasteiger partial charge in [0.15, 0.2) is 0 Å². The van der Waals surface area contributed by atoms with Crippen LogP contribution in [0.3, 0.4) is 0 Å². The van der Waals surface area contributed by atoms with E-state index in [1.54, 1.807) is 25.3 Å². The minimum absolute atomic E-state index is 0.0290. The second-order valence-electron chi connectivity index (χ2n) is 8.13. The summed E-state index contributed by atoms with van der Waals surface area (Å²) in [4.78, 5) is 28.8. The Bertz CT molecular complexity index is 940. The molecule has 30 heavy (non-hydrogen) atoms. The molecule has 1 aliphatic carbocycles. The lowest BCUT2D eigenvalue weighted by atomic mass is 9.71. The van der Waals surface area contributed by atoms with Crippen LogP contribution in [0.5, 0.6) is 0 Å². The van der Waals surface area contributed by atoms with Crippen LogP contribution in [-0.2, 0) is 16.1 Å². The first-order chi connectivity index (χ1) is 14.6. The molecule has 1 spiro atoms. The van der Waals surface area contributed by atoms with E-state index in [1.165, 1.54) is 12.1 Å². The number of nitrogens with zero attached hydrogens (tertiary/aromatic N) is 1. The topological polar surface area (TPSA) is 58.6 Å². The molecular weight excluding hydrogens is 383 g/mol. The number of amides is 2. The molecule has 1 atom stereocenters. The van der Waals surface area contributed by atoms with E-state index >= 15 is 0 Å². The van der Waals surface area contributed by atoms with Crippen molar-refractivity contribution in [2.45, 2.75) is 43.7 Å². The molecule has 4 rings (SSSR count). The van der Waals surface area contributed by atoms with Gasteiger partial charge in [0.25, 0.3) is 5.91 Å². The van der Waals surface area contributed by atoms with Crippen LogP contribution in [0.15, 0.2) is 48.5 Å². The molecule has 2 aromatic carbocycles. The molecule has 0 aromatic heterocycles. The molecule has 1 fully saturated rings. The van der Waals surface area contributed by atoms with Crippen molar-refractivity contribution in [2.24, 2.45) is 0 Å². The Hall–Kier alpha value is -2.73. The van der Waals surface area contributed by atoms with Crippen molar-refractivity contribution >= 4 is 11.8 Å². The Morgan fingerprint density at radius 2 is 1.97 bits per heavy atom. The highest BCUT2D eigenvalue weighted by Gasteiger charge is 2.55. The predicted molar refractivity (Wildman–Crippen MR) is 112 cm³/mol. The minimum atomic E-state index is -0.546. The number of hydrogen-bond donors (Lipinski definition) is 1. The highest BCUT2D eigenvalue weighted by molar-refractivity contribution is 6.02. The summed E-state index contributed by atoms with van der Waals surface area (Å²) in [6.45, 7) is 1.13. The molecule has 1 heterocycles. The SMILES string of the molecule is COCCN1C(=O)c2ccccc2[C@@H](C(=O)NCc2cccc(F)c2)C12CCCC2. The molecule has 5 nitrogen and oxygen atoms in total. The summed E-state index contributed by atoms with van der Waals surface area (Å²) in [5, 5.41) is 3.00. The lowest BCUT2D eigenvalue weighted by molar-refractivity contribution is -0.126. The van der Waals surface area contributed by atoms with Crippen molar-refractivity contribution in [1.82, 2.24) is 10.2 Å². The lowest BCUT2D eigenvalue weighted by Gasteiger charge is -2.50. The van der Waals surface area contributed by atoms with Crippen LogP contribution in [0.1, 0.15) is 53.1 Å². The summed E-state index contributed by atoms with van der Waals surface area (Å²) in [5.41, 5.74) is 1.53. The molecule has 0 saturated heterocycles. The summed E-state index contributed by atoms with van der Waals surface area (Å²) >= 11 is 0. The van der Waals surface area contributed by atoms with Crippen LogP contribution in [0.2, 0.25) is 0 Å². The maximum Gasteiger partial charge on any atom is 0.254 e. The number of nitrogens with one attached hydrogen (secondary N) is 1. The number of fused-ring (bicyclic) bond motifs is 1. The highest BCUT2D eigenvalue weighted by atomic mass is 19.1. The molecule has 2 aliphatic rings. The van der Waals surface area contributed by atoms with Crippen molar-refractivity contribution in [3.8, 4) is 0 Å². The van der Waals surface area contributed by atoms with Crippen LogP contribution in [0.4, 0.5) is 4.39 Å². The first-order valence-corrected chi connectivity index (χ1v) is 10.5. The number of benzene rings is 2. The zero-order chi connectivity index (χ0) is 21.1. The van der Waals surface area contributed by atoms with Gasteiger partial charge in [-0.25, -0.2) is 4.39 Å². The zero-order valence-corrected chi connectivity index (χ0v) is 17.2. The molecule has 6 heteroatoms.